The number of nitrogens with two attached hydrogens (primary N) is 1. The SMILES string of the molecule is CC(O)N(C(=O)CCCCC(N)=O)C(C)O. The fourth-order valence-corrected chi connectivity index (χ4v) is 1.43. The van der Waals surface area contributed by atoms with E-state index >= 15 is 0 Å². The van der Waals surface area contributed by atoms with Gasteiger partial charge in [-0.3, -0.25) is 14.5 Å². The van der Waals surface area contributed by atoms with Crippen LogP contribution < -0.4 is 5.73 Å². The van der Waals surface area contributed by atoms with Gasteiger partial charge >= 0.3 is 0 Å². The Bertz CT molecular complexity index is 233. The highest BCUT2D eigenvalue weighted by molar-refractivity contribution is 5.76. The van der Waals surface area contributed by atoms with Crippen LogP contribution in [0.15, 0.2) is 0 Å². The van der Waals surface area contributed by atoms with E-state index in [2.05, 4.69) is 0 Å². The van der Waals surface area contributed by atoms with Crippen molar-refractivity contribution in [2.75, 3.05) is 0 Å². The van der Waals surface area contributed by atoms with Gasteiger partial charge in [-0.1, -0.05) is 0 Å². The zero-order valence-electron chi connectivity index (χ0n) is 9.72. The van der Waals surface area contributed by atoms with Gasteiger partial charge in [-0.2, -0.15) is 0 Å². The number of carbonyl (C=O) groups is 2. The molecule has 0 aliphatic heterocycles. The maximum Gasteiger partial charge on any atom is 0.226 e. The first kappa shape index (κ1) is 14.9. The van der Waals surface area contributed by atoms with E-state index in [1.165, 1.54) is 13.8 Å². The van der Waals surface area contributed by atoms with Gasteiger partial charge in [-0.15, -0.1) is 0 Å². The second-order valence-corrected chi connectivity index (χ2v) is 3.74. The molecule has 94 valence electrons. The van der Waals surface area contributed by atoms with E-state index < -0.39 is 18.4 Å². The van der Waals surface area contributed by atoms with Crippen LogP contribution in [-0.4, -0.2) is 39.4 Å². The molecule has 2 unspecified atom stereocenters. The number of primary amides is 1. The molecule has 0 aromatic heterocycles. The van der Waals surface area contributed by atoms with Crippen molar-refractivity contribution in [1.82, 2.24) is 4.90 Å². The normalized spacial score (nSPS) is 14.2. The van der Waals surface area contributed by atoms with Gasteiger partial charge in [0.15, 0.2) is 0 Å². The summed E-state index contributed by atoms with van der Waals surface area (Å²) in [5, 5.41) is 18.5. The molecule has 0 radical (unpaired) electrons. The number of hydrogen-bond donors (Lipinski definition) is 3. The number of unbranched alkanes of at least 4 members (excludes halogenated alkanes) is 1. The number of nitrogens with zero attached hydrogens (tertiary/aromatic N) is 1. The maximum absolute atomic E-state index is 11.6. The molecular weight excluding hydrogens is 212 g/mol. The molecule has 0 aromatic carbocycles. The minimum atomic E-state index is -1.02. The summed E-state index contributed by atoms with van der Waals surface area (Å²) >= 11 is 0. The van der Waals surface area contributed by atoms with Crippen LogP contribution in [0.25, 0.3) is 0 Å². The zero-order chi connectivity index (χ0) is 12.7. The Labute approximate surface area is 95.0 Å². The molecule has 0 saturated carbocycles. The summed E-state index contributed by atoms with van der Waals surface area (Å²) in [6.45, 7) is 2.82. The summed E-state index contributed by atoms with van der Waals surface area (Å²) in [5.74, 6) is -0.732. The Morgan fingerprint density at radius 1 is 1.12 bits per heavy atom. The average molecular weight is 232 g/mol. The van der Waals surface area contributed by atoms with Crippen molar-refractivity contribution in [3.8, 4) is 0 Å². The van der Waals surface area contributed by atoms with Gasteiger partial charge in [0.05, 0.1) is 0 Å². The lowest BCUT2D eigenvalue weighted by molar-refractivity contribution is -0.156. The second-order valence-electron chi connectivity index (χ2n) is 3.74. The highest BCUT2D eigenvalue weighted by Gasteiger charge is 2.21. The van der Waals surface area contributed by atoms with Crippen molar-refractivity contribution >= 4 is 11.8 Å². The van der Waals surface area contributed by atoms with Crippen molar-refractivity contribution in [3.05, 3.63) is 0 Å². The Balaban J connectivity index is 3.98. The molecule has 0 aliphatic carbocycles. The van der Waals surface area contributed by atoms with Crippen LogP contribution in [0.1, 0.15) is 39.5 Å². The van der Waals surface area contributed by atoms with Crippen LogP contribution in [0.3, 0.4) is 0 Å². The van der Waals surface area contributed by atoms with Crippen molar-refractivity contribution < 1.29 is 19.8 Å². The van der Waals surface area contributed by atoms with Crippen LogP contribution in [-0.2, 0) is 9.59 Å². The summed E-state index contributed by atoms with van der Waals surface area (Å²) < 4.78 is 0. The molecule has 2 atom stereocenters. The Hall–Kier alpha value is -1.14. The van der Waals surface area contributed by atoms with Gasteiger partial charge in [0.1, 0.15) is 12.5 Å². The number of aliphatic hydroxyl groups excluding tert-OH is 2. The first-order valence-electron chi connectivity index (χ1n) is 5.32. The van der Waals surface area contributed by atoms with E-state index in [0.29, 0.717) is 12.8 Å². The number of carbonyl (C=O) groups excluding carboxylic acids is 2. The lowest BCUT2D eigenvalue weighted by atomic mass is 10.1. The van der Waals surface area contributed by atoms with Gasteiger partial charge in [0.25, 0.3) is 0 Å². The highest BCUT2D eigenvalue weighted by atomic mass is 16.3. The van der Waals surface area contributed by atoms with E-state index in [1.807, 2.05) is 0 Å². The van der Waals surface area contributed by atoms with E-state index in [9.17, 15) is 19.8 Å². The smallest absolute Gasteiger partial charge is 0.226 e. The second kappa shape index (κ2) is 7.19. The lowest BCUT2D eigenvalue weighted by Crippen LogP contribution is -2.44. The van der Waals surface area contributed by atoms with Crippen LogP contribution in [0.5, 0.6) is 0 Å². The maximum atomic E-state index is 11.6. The topological polar surface area (TPSA) is 104 Å². The molecule has 0 bridgehead atoms. The molecule has 0 saturated heterocycles. The largest absolute Gasteiger partial charge is 0.374 e. The quantitative estimate of drug-likeness (QED) is 0.408. The third-order valence-corrected chi connectivity index (χ3v) is 2.16. The Kier molecular flexibility index (Phi) is 6.67. The zero-order valence-corrected chi connectivity index (χ0v) is 9.72. The third kappa shape index (κ3) is 5.67. The summed E-state index contributed by atoms with van der Waals surface area (Å²) in [4.78, 5) is 23.0. The van der Waals surface area contributed by atoms with Crippen LogP contribution in [0.4, 0.5) is 0 Å². The van der Waals surface area contributed by atoms with Crippen molar-refractivity contribution in [3.63, 3.8) is 0 Å². The third-order valence-electron chi connectivity index (χ3n) is 2.16. The molecule has 0 spiro atoms. The predicted molar refractivity (Wildman–Crippen MR) is 57.9 cm³/mol. The van der Waals surface area contributed by atoms with E-state index in [4.69, 9.17) is 5.73 Å². The molecule has 0 fully saturated rings. The van der Waals surface area contributed by atoms with Crippen LogP contribution in [0.2, 0.25) is 0 Å². The number of aliphatic hydroxyl groups is 2. The van der Waals surface area contributed by atoms with E-state index in [1.54, 1.807) is 0 Å². The standard InChI is InChI=1S/C10H20N2O4/c1-7(13)12(8(2)14)10(16)6-4-3-5-9(11)15/h7-8,13-14H,3-6H2,1-2H3,(H2,11,15). The number of amides is 2. The van der Waals surface area contributed by atoms with Gasteiger partial charge < -0.3 is 15.9 Å². The van der Waals surface area contributed by atoms with Crippen molar-refractivity contribution in [2.24, 2.45) is 5.73 Å². The predicted octanol–water partition coefficient (Wildman–Crippen LogP) is -0.463. The molecule has 6 heteroatoms. The van der Waals surface area contributed by atoms with Crippen LogP contribution >= 0.6 is 0 Å². The lowest BCUT2D eigenvalue weighted by Gasteiger charge is -2.28. The van der Waals surface area contributed by atoms with E-state index in [0.717, 1.165) is 4.90 Å². The van der Waals surface area contributed by atoms with Crippen molar-refractivity contribution in [2.45, 2.75) is 52.0 Å². The molecule has 4 N–H and O–H groups in total. The van der Waals surface area contributed by atoms with E-state index in [-0.39, 0.29) is 18.7 Å². The van der Waals surface area contributed by atoms with Crippen molar-refractivity contribution in [1.29, 1.82) is 0 Å². The number of rotatable bonds is 7. The molecule has 0 rings (SSSR count). The minimum Gasteiger partial charge on any atom is -0.374 e. The fourth-order valence-electron chi connectivity index (χ4n) is 1.43. The summed E-state index contributed by atoms with van der Waals surface area (Å²) in [6, 6.07) is 0. The molecule has 0 aromatic rings. The monoisotopic (exact) mass is 232 g/mol. The minimum absolute atomic E-state index is 0.184. The fraction of sp³-hybridized carbons (Fsp3) is 0.800. The van der Waals surface area contributed by atoms with Gasteiger partial charge in [0, 0.05) is 12.8 Å². The average Bonchev–Trinajstić information content (AvgIpc) is 2.10. The highest BCUT2D eigenvalue weighted by Crippen LogP contribution is 2.08. The van der Waals surface area contributed by atoms with Gasteiger partial charge in [-0.05, 0) is 26.7 Å². The van der Waals surface area contributed by atoms with Gasteiger partial charge in [0.2, 0.25) is 11.8 Å². The number of hydrogen-bond acceptors (Lipinski definition) is 4. The Morgan fingerprint density at radius 2 is 1.56 bits per heavy atom. The summed E-state index contributed by atoms with van der Waals surface area (Å²) in [6.07, 6.45) is -0.571. The Morgan fingerprint density at radius 3 is 1.94 bits per heavy atom. The van der Waals surface area contributed by atoms with Crippen LogP contribution in [0, 0.1) is 0 Å². The summed E-state index contributed by atoms with van der Waals surface area (Å²) in [7, 11) is 0. The molecule has 0 heterocycles. The molecule has 2 amide bonds. The summed E-state index contributed by atoms with van der Waals surface area (Å²) in [5.41, 5.74) is 4.95. The molecular formula is C10H20N2O4. The first-order chi connectivity index (χ1) is 7.36. The molecule has 0 aliphatic rings. The molecule has 6 nitrogen and oxygen atoms in total. The first-order valence-corrected chi connectivity index (χ1v) is 5.32. The molecule has 16 heavy (non-hydrogen) atoms. The van der Waals surface area contributed by atoms with Gasteiger partial charge in [-0.25, -0.2) is 0 Å².